The SMILES string of the molecule is O=C(NOc1cncc(Cl)c1)c1cccc(Cl)c1. The number of nitrogens with zero attached hydrogens (tertiary/aromatic N) is 1. The van der Waals surface area contributed by atoms with E-state index in [1.165, 1.54) is 24.5 Å². The molecule has 0 saturated heterocycles. The second-order valence-electron chi connectivity index (χ2n) is 3.38. The van der Waals surface area contributed by atoms with Gasteiger partial charge in [0.05, 0.1) is 11.2 Å². The van der Waals surface area contributed by atoms with Crippen LogP contribution in [0, 0.1) is 0 Å². The lowest BCUT2D eigenvalue weighted by Crippen LogP contribution is -2.26. The van der Waals surface area contributed by atoms with Gasteiger partial charge in [-0.3, -0.25) is 9.78 Å². The molecule has 0 aliphatic carbocycles. The van der Waals surface area contributed by atoms with Crippen molar-refractivity contribution in [2.75, 3.05) is 0 Å². The van der Waals surface area contributed by atoms with Gasteiger partial charge >= 0.3 is 0 Å². The normalized spacial score (nSPS) is 9.89. The van der Waals surface area contributed by atoms with E-state index in [0.717, 1.165) is 0 Å². The molecule has 0 saturated carbocycles. The van der Waals surface area contributed by atoms with Crippen molar-refractivity contribution in [1.29, 1.82) is 0 Å². The molecule has 6 heteroatoms. The van der Waals surface area contributed by atoms with Crippen LogP contribution in [-0.4, -0.2) is 10.9 Å². The standard InChI is InChI=1S/C12H8Cl2N2O2/c13-9-3-1-2-8(4-9)12(17)16-18-11-5-10(14)6-15-7-11/h1-7H,(H,16,17). The summed E-state index contributed by atoms with van der Waals surface area (Å²) in [6.07, 6.45) is 2.90. The summed E-state index contributed by atoms with van der Waals surface area (Å²) in [5.41, 5.74) is 2.67. The van der Waals surface area contributed by atoms with Crippen LogP contribution in [-0.2, 0) is 0 Å². The Morgan fingerprint density at radius 3 is 2.72 bits per heavy atom. The van der Waals surface area contributed by atoms with Gasteiger partial charge in [-0.1, -0.05) is 29.3 Å². The van der Waals surface area contributed by atoms with Crippen LogP contribution < -0.4 is 10.3 Å². The van der Waals surface area contributed by atoms with Crippen molar-refractivity contribution >= 4 is 29.1 Å². The van der Waals surface area contributed by atoms with Crippen molar-refractivity contribution in [2.24, 2.45) is 0 Å². The van der Waals surface area contributed by atoms with Crippen LogP contribution in [0.4, 0.5) is 0 Å². The third-order valence-corrected chi connectivity index (χ3v) is 2.47. The van der Waals surface area contributed by atoms with Crippen LogP contribution >= 0.6 is 23.2 Å². The first-order chi connectivity index (χ1) is 8.65. The van der Waals surface area contributed by atoms with Gasteiger partial charge in [-0.15, -0.1) is 0 Å². The molecule has 0 radical (unpaired) electrons. The molecular formula is C12H8Cl2N2O2. The number of hydroxylamine groups is 1. The highest BCUT2D eigenvalue weighted by Gasteiger charge is 2.06. The fraction of sp³-hybridized carbons (Fsp3) is 0. The van der Waals surface area contributed by atoms with Crippen molar-refractivity contribution < 1.29 is 9.63 Å². The van der Waals surface area contributed by atoms with Gasteiger partial charge in [0, 0.05) is 22.8 Å². The van der Waals surface area contributed by atoms with Gasteiger partial charge in [0.25, 0.3) is 5.91 Å². The predicted octanol–water partition coefficient (Wildman–Crippen LogP) is 3.11. The Kier molecular flexibility index (Phi) is 4.02. The van der Waals surface area contributed by atoms with Gasteiger partial charge in [0.15, 0.2) is 5.75 Å². The second-order valence-corrected chi connectivity index (χ2v) is 4.26. The zero-order valence-corrected chi connectivity index (χ0v) is 10.6. The number of hydrogen-bond donors (Lipinski definition) is 1. The van der Waals surface area contributed by atoms with Crippen molar-refractivity contribution in [3.05, 3.63) is 58.3 Å². The molecule has 2 aromatic rings. The highest BCUT2D eigenvalue weighted by molar-refractivity contribution is 6.31. The third-order valence-electron chi connectivity index (χ3n) is 2.03. The van der Waals surface area contributed by atoms with Crippen molar-refractivity contribution in [1.82, 2.24) is 10.5 Å². The molecule has 0 atom stereocenters. The van der Waals surface area contributed by atoms with Gasteiger partial charge in [-0.05, 0) is 18.2 Å². The van der Waals surface area contributed by atoms with Gasteiger partial charge < -0.3 is 4.84 Å². The van der Waals surface area contributed by atoms with Gasteiger partial charge in [0.2, 0.25) is 0 Å². The highest BCUT2D eigenvalue weighted by atomic mass is 35.5. The summed E-state index contributed by atoms with van der Waals surface area (Å²) >= 11 is 11.5. The van der Waals surface area contributed by atoms with Crippen molar-refractivity contribution in [3.63, 3.8) is 0 Å². The number of carbonyl (C=O) groups is 1. The molecule has 0 aliphatic heterocycles. The first-order valence-electron chi connectivity index (χ1n) is 4.98. The molecular weight excluding hydrogens is 275 g/mol. The Hall–Kier alpha value is -1.78. The Balaban J connectivity index is 2.00. The van der Waals surface area contributed by atoms with Crippen molar-refractivity contribution in [2.45, 2.75) is 0 Å². The van der Waals surface area contributed by atoms with Gasteiger partial charge in [-0.25, -0.2) is 0 Å². The average molecular weight is 283 g/mol. The van der Waals surface area contributed by atoms with E-state index in [-0.39, 0.29) is 0 Å². The smallest absolute Gasteiger partial charge is 0.283 e. The number of pyridine rings is 1. The van der Waals surface area contributed by atoms with E-state index in [1.54, 1.807) is 18.2 Å². The fourth-order valence-corrected chi connectivity index (χ4v) is 1.60. The molecule has 1 heterocycles. The molecule has 0 aliphatic rings. The number of nitrogens with one attached hydrogen (secondary N) is 1. The maximum absolute atomic E-state index is 11.7. The minimum Gasteiger partial charge on any atom is -0.378 e. The van der Waals surface area contributed by atoms with Crippen LogP contribution in [0.3, 0.4) is 0 Å². The Bertz CT molecular complexity index is 576. The maximum Gasteiger partial charge on any atom is 0.283 e. The molecule has 0 bridgehead atoms. The molecule has 2 rings (SSSR count). The lowest BCUT2D eigenvalue weighted by atomic mass is 10.2. The monoisotopic (exact) mass is 282 g/mol. The van der Waals surface area contributed by atoms with E-state index >= 15 is 0 Å². The first-order valence-corrected chi connectivity index (χ1v) is 5.74. The summed E-state index contributed by atoms with van der Waals surface area (Å²) in [6.45, 7) is 0. The Morgan fingerprint density at radius 2 is 2.00 bits per heavy atom. The molecule has 0 unspecified atom stereocenters. The zero-order valence-electron chi connectivity index (χ0n) is 9.06. The van der Waals surface area contributed by atoms with Gasteiger partial charge in [-0.2, -0.15) is 5.48 Å². The Morgan fingerprint density at radius 1 is 1.17 bits per heavy atom. The topological polar surface area (TPSA) is 51.2 Å². The number of hydrogen-bond acceptors (Lipinski definition) is 3. The summed E-state index contributed by atoms with van der Waals surface area (Å²) in [5.74, 6) is -0.0599. The fourth-order valence-electron chi connectivity index (χ4n) is 1.24. The van der Waals surface area contributed by atoms with Crippen LogP contribution in [0.15, 0.2) is 42.7 Å². The Labute approximate surface area is 113 Å². The molecule has 0 fully saturated rings. The molecule has 18 heavy (non-hydrogen) atoms. The number of halogens is 2. The van der Waals surface area contributed by atoms with Crippen LogP contribution in [0.25, 0.3) is 0 Å². The predicted molar refractivity (Wildman–Crippen MR) is 68.8 cm³/mol. The molecule has 92 valence electrons. The van der Waals surface area contributed by atoms with Crippen LogP contribution in [0.5, 0.6) is 5.75 Å². The number of rotatable bonds is 3. The zero-order chi connectivity index (χ0) is 13.0. The van der Waals surface area contributed by atoms with E-state index in [2.05, 4.69) is 10.5 Å². The third kappa shape index (κ3) is 3.35. The largest absolute Gasteiger partial charge is 0.378 e. The number of amides is 1. The summed E-state index contributed by atoms with van der Waals surface area (Å²) in [7, 11) is 0. The van der Waals surface area contributed by atoms with Crippen LogP contribution in [0.1, 0.15) is 10.4 Å². The van der Waals surface area contributed by atoms with E-state index in [0.29, 0.717) is 21.4 Å². The number of benzene rings is 1. The first kappa shape index (κ1) is 12.7. The van der Waals surface area contributed by atoms with Gasteiger partial charge in [0.1, 0.15) is 0 Å². The molecule has 1 aromatic heterocycles. The molecule has 0 spiro atoms. The molecule has 4 nitrogen and oxygen atoms in total. The minimum absolute atomic E-state index is 0.345. The molecule has 1 N–H and O–H groups in total. The minimum atomic E-state index is -0.405. The van der Waals surface area contributed by atoms with Crippen molar-refractivity contribution in [3.8, 4) is 5.75 Å². The number of aromatic nitrogens is 1. The lowest BCUT2D eigenvalue weighted by molar-refractivity contribution is 0.0759. The van der Waals surface area contributed by atoms with E-state index < -0.39 is 5.91 Å². The second kappa shape index (κ2) is 5.71. The lowest BCUT2D eigenvalue weighted by Gasteiger charge is -2.06. The highest BCUT2D eigenvalue weighted by Crippen LogP contribution is 2.15. The van der Waals surface area contributed by atoms with E-state index in [1.807, 2.05) is 0 Å². The summed E-state index contributed by atoms with van der Waals surface area (Å²) in [5, 5.41) is 0.900. The average Bonchev–Trinajstić information content (AvgIpc) is 2.36. The summed E-state index contributed by atoms with van der Waals surface area (Å²) in [4.78, 5) is 20.6. The van der Waals surface area contributed by atoms with E-state index in [9.17, 15) is 4.79 Å². The summed E-state index contributed by atoms with van der Waals surface area (Å²) < 4.78 is 0. The summed E-state index contributed by atoms with van der Waals surface area (Å²) in [6, 6.07) is 8.06. The molecule has 1 aromatic carbocycles. The molecule has 1 amide bonds. The maximum atomic E-state index is 11.7. The quantitative estimate of drug-likeness (QED) is 0.880. The number of carbonyl (C=O) groups excluding carboxylic acids is 1. The van der Waals surface area contributed by atoms with E-state index in [4.69, 9.17) is 28.0 Å². The van der Waals surface area contributed by atoms with Crippen LogP contribution in [0.2, 0.25) is 10.0 Å².